The lowest BCUT2D eigenvalue weighted by Gasteiger charge is -2.47. The molecule has 30 heavy (non-hydrogen) atoms. The molecule has 0 aromatic heterocycles. The molecule has 1 saturated heterocycles. The Bertz CT molecular complexity index is 904. The number of piperidine rings is 1. The molecule has 1 aliphatic carbocycles. The number of likely N-dealkylation sites (tertiary alicyclic amines) is 1. The minimum Gasteiger partial charge on any atom is -0.377 e. The van der Waals surface area contributed by atoms with Crippen molar-refractivity contribution in [3.8, 4) is 0 Å². The molecule has 168 valence electrons. The molecule has 9 heteroatoms. The first kappa shape index (κ1) is 23.3. The number of anilines is 1. The number of amides is 1. The fraction of sp³-hybridized carbons (Fsp3) is 0.667. The molecular weight excluding hydrogens is 424 g/mol. The summed E-state index contributed by atoms with van der Waals surface area (Å²) in [6.07, 6.45) is 5.61. The minimum absolute atomic E-state index is 0.0520. The normalized spacial score (nSPS) is 25.1. The molecule has 3 atom stereocenters. The molecule has 2 aliphatic rings. The molecule has 0 spiro atoms. The van der Waals surface area contributed by atoms with Gasteiger partial charge in [-0.2, -0.15) is 0 Å². The van der Waals surface area contributed by atoms with Crippen molar-refractivity contribution in [1.82, 2.24) is 14.5 Å². The van der Waals surface area contributed by atoms with E-state index in [1.807, 2.05) is 14.1 Å². The van der Waals surface area contributed by atoms with Crippen LogP contribution in [0.1, 0.15) is 42.5 Å². The van der Waals surface area contributed by atoms with Gasteiger partial charge in [-0.1, -0.05) is 24.4 Å². The summed E-state index contributed by atoms with van der Waals surface area (Å²) in [6, 6.07) is 3.57. The SMILES string of the molecule is CN(C)c1cc(Cl)c(S(=O)(=O)N(C)C)cc1C(=O)N[C@@H]1CCN(C)[C@H]2CCCC[C@H]12. The maximum Gasteiger partial charge on any atom is 0.253 e. The van der Waals surface area contributed by atoms with E-state index in [0.717, 1.165) is 23.7 Å². The molecule has 1 aromatic rings. The number of hydrogen-bond donors (Lipinski definition) is 1. The zero-order valence-corrected chi connectivity index (χ0v) is 20.1. The summed E-state index contributed by atoms with van der Waals surface area (Å²) in [4.78, 5) is 17.5. The van der Waals surface area contributed by atoms with Crippen LogP contribution in [0.5, 0.6) is 0 Å². The molecule has 0 bridgehead atoms. The molecule has 3 rings (SSSR count). The average Bonchev–Trinajstić information content (AvgIpc) is 2.69. The van der Waals surface area contributed by atoms with Crippen LogP contribution in [0.2, 0.25) is 5.02 Å². The van der Waals surface area contributed by atoms with E-state index in [9.17, 15) is 13.2 Å². The smallest absolute Gasteiger partial charge is 0.253 e. The van der Waals surface area contributed by atoms with Gasteiger partial charge in [0.2, 0.25) is 10.0 Å². The number of nitrogens with one attached hydrogen (secondary N) is 1. The van der Waals surface area contributed by atoms with Gasteiger partial charge in [0.05, 0.1) is 16.3 Å². The molecule has 1 aromatic carbocycles. The molecule has 1 N–H and O–H groups in total. The summed E-state index contributed by atoms with van der Waals surface area (Å²) in [6.45, 7) is 0.952. The van der Waals surface area contributed by atoms with Crippen LogP contribution in [0.4, 0.5) is 5.69 Å². The second-order valence-corrected chi connectivity index (χ2v) is 11.4. The van der Waals surface area contributed by atoms with Crippen LogP contribution in [0.25, 0.3) is 0 Å². The number of nitrogens with zero attached hydrogens (tertiary/aromatic N) is 3. The third-order valence-electron chi connectivity index (χ3n) is 6.51. The lowest BCUT2D eigenvalue weighted by Crippen LogP contribution is -2.56. The summed E-state index contributed by atoms with van der Waals surface area (Å²) in [5.41, 5.74) is 0.930. The maximum absolute atomic E-state index is 13.4. The van der Waals surface area contributed by atoms with E-state index in [0.29, 0.717) is 23.2 Å². The largest absolute Gasteiger partial charge is 0.377 e. The van der Waals surface area contributed by atoms with Gasteiger partial charge in [-0.15, -0.1) is 0 Å². The van der Waals surface area contributed by atoms with Gasteiger partial charge < -0.3 is 15.1 Å². The highest BCUT2D eigenvalue weighted by Gasteiger charge is 2.39. The molecule has 0 unspecified atom stereocenters. The van der Waals surface area contributed by atoms with E-state index in [4.69, 9.17) is 11.6 Å². The monoisotopic (exact) mass is 456 g/mol. The van der Waals surface area contributed by atoms with Gasteiger partial charge in [-0.3, -0.25) is 4.79 Å². The van der Waals surface area contributed by atoms with Crippen LogP contribution in [-0.2, 0) is 10.0 Å². The molecule has 1 saturated carbocycles. The van der Waals surface area contributed by atoms with Gasteiger partial charge >= 0.3 is 0 Å². The van der Waals surface area contributed by atoms with Crippen molar-refractivity contribution in [2.45, 2.75) is 49.1 Å². The predicted molar refractivity (Wildman–Crippen MR) is 121 cm³/mol. The van der Waals surface area contributed by atoms with E-state index in [1.54, 1.807) is 11.0 Å². The van der Waals surface area contributed by atoms with Crippen molar-refractivity contribution in [3.63, 3.8) is 0 Å². The van der Waals surface area contributed by atoms with Gasteiger partial charge in [0.25, 0.3) is 5.91 Å². The minimum atomic E-state index is -3.77. The van der Waals surface area contributed by atoms with Crippen LogP contribution >= 0.6 is 11.6 Å². The highest BCUT2D eigenvalue weighted by Crippen LogP contribution is 2.36. The van der Waals surface area contributed by atoms with Crippen LogP contribution in [0.3, 0.4) is 0 Å². The zero-order valence-electron chi connectivity index (χ0n) is 18.5. The standard InChI is InChI=1S/C21H33ClN4O3S/c1-24(2)19-13-16(22)20(30(28,29)25(3)4)12-15(19)21(27)23-17-10-11-26(5)18-9-7-6-8-14(17)18/h12-14,17-18H,6-11H2,1-5H3,(H,23,27)/t14-,17-,18+/m1/s1. The number of sulfonamides is 1. The summed E-state index contributed by atoms with van der Waals surface area (Å²) < 4.78 is 26.5. The Morgan fingerprint density at radius 1 is 1.13 bits per heavy atom. The first-order valence-corrected chi connectivity index (χ1v) is 12.3. The maximum atomic E-state index is 13.4. The van der Waals surface area contributed by atoms with Crippen LogP contribution in [0.15, 0.2) is 17.0 Å². The van der Waals surface area contributed by atoms with E-state index in [-0.39, 0.29) is 21.9 Å². The topological polar surface area (TPSA) is 73.0 Å². The Kier molecular flexibility index (Phi) is 7.01. The predicted octanol–water partition coefficient (Wildman–Crippen LogP) is 2.65. The van der Waals surface area contributed by atoms with Gasteiger partial charge in [-0.05, 0) is 44.4 Å². The van der Waals surface area contributed by atoms with Gasteiger partial charge in [-0.25, -0.2) is 12.7 Å². The lowest BCUT2D eigenvalue weighted by atomic mass is 9.75. The van der Waals surface area contributed by atoms with Gasteiger partial charge in [0.1, 0.15) is 4.90 Å². The Morgan fingerprint density at radius 3 is 2.43 bits per heavy atom. The van der Waals surface area contributed by atoms with Gasteiger partial charge in [0, 0.05) is 46.8 Å². The van der Waals surface area contributed by atoms with Crippen LogP contribution < -0.4 is 10.2 Å². The summed E-state index contributed by atoms with van der Waals surface area (Å²) >= 11 is 6.31. The number of fused-ring (bicyclic) bond motifs is 1. The molecule has 1 aliphatic heterocycles. The Hall–Kier alpha value is -1.35. The van der Waals surface area contributed by atoms with Crippen molar-refractivity contribution >= 4 is 33.2 Å². The highest BCUT2D eigenvalue weighted by molar-refractivity contribution is 7.89. The fourth-order valence-electron chi connectivity index (χ4n) is 4.79. The first-order chi connectivity index (χ1) is 14.0. The van der Waals surface area contributed by atoms with Gasteiger partial charge in [0.15, 0.2) is 0 Å². The second-order valence-electron chi connectivity index (χ2n) is 8.85. The van der Waals surface area contributed by atoms with Crippen molar-refractivity contribution in [3.05, 3.63) is 22.7 Å². The fourth-order valence-corrected chi connectivity index (χ4v) is 6.21. The number of benzene rings is 1. The summed E-state index contributed by atoms with van der Waals surface area (Å²) in [7, 11) is 4.93. The van der Waals surface area contributed by atoms with E-state index in [2.05, 4.69) is 17.3 Å². The van der Waals surface area contributed by atoms with Crippen molar-refractivity contribution < 1.29 is 13.2 Å². The number of halogens is 1. The number of carbonyl (C=O) groups excluding carboxylic acids is 1. The molecule has 1 heterocycles. The van der Waals surface area contributed by atoms with Crippen molar-refractivity contribution in [1.29, 1.82) is 0 Å². The third-order valence-corrected chi connectivity index (χ3v) is 8.79. The number of carbonyl (C=O) groups is 1. The summed E-state index contributed by atoms with van der Waals surface area (Å²) in [5, 5.41) is 3.34. The number of hydrogen-bond acceptors (Lipinski definition) is 5. The Labute approximate surface area is 185 Å². The molecule has 1 amide bonds. The zero-order chi connectivity index (χ0) is 22.2. The molecule has 7 nitrogen and oxygen atoms in total. The van der Waals surface area contributed by atoms with Crippen molar-refractivity contribution in [2.24, 2.45) is 5.92 Å². The van der Waals surface area contributed by atoms with Crippen LogP contribution in [-0.4, -0.2) is 77.4 Å². The quantitative estimate of drug-likeness (QED) is 0.737. The number of rotatable bonds is 5. The molecule has 0 radical (unpaired) electrons. The Morgan fingerprint density at radius 2 is 1.80 bits per heavy atom. The lowest BCUT2D eigenvalue weighted by molar-refractivity contribution is 0.0506. The molecular formula is C21H33ClN4O3S. The molecule has 2 fully saturated rings. The van der Waals surface area contributed by atoms with Crippen molar-refractivity contribution in [2.75, 3.05) is 46.7 Å². The van der Waals surface area contributed by atoms with E-state index >= 15 is 0 Å². The highest BCUT2D eigenvalue weighted by atomic mass is 35.5. The average molecular weight is 457 g/mol. The van der Waals surface area contributed by atoms with E-state index in [1.165, 1.54) is 39.4 Å². The Balaban J connectivity index is 1.94. The van der Waals surface area contributed by atoms with E-state index < -0.39 is 10.0 Å². The van der Waals surface area contributed by atoms with Crippen LogP contribution in [0, 0.1) is 5.92 Å². The first-order valence-electron chi connectivity index (χ1n) is 10.5. The third kappa shape index (κ3) is 4.47. The second kappa shape index (κ2) is 9.02. The summed E-state index contributed by atoms with van der Waals surface area (Å²) in [5.74, 6) is 0.186.